The summed E-state index contributed by atoms with van der Waals surface area (Å²) < 4.78 is 27.6. The lowest BCUT2D eigenvalue weighted by molar-refractivity contribution is -0.144. The van der Waals surface area contributed by atoms with Crippen LogP contribution < -0.4 is 15.4 Å². The van der Waals surface area contributed by atoms with Gasteiger partial charge in [-0.3, -0.25) is 14.4 Å². The summed E-state index contributed by atoms with van der Waals surface area (Å²) in [6.45, 7) is 1.53. The van der Waals surface area contributed by atoms with Gasteiger partial charge in [0.1, 0.15) is 22.8 Å². The fourth-order valence-electron chi connectivity index (χ4n) is 6.23. The Morgan fingerprint density at radius 1 is 1.14 bits per heavy atom. The number of carbonyl (C=O) groups is 3. The first-order chi connectivity index (χ1) is 20.6. The van der Waals surface area contributed by atoms with Gasteiger partial charge in [0, 0.05) is 37.7 Å². The number of phenolic OH excluding ortho intramolecular Hbond substituents is 1. The van der Waals surface area contributed by atoms with E-state index >= 15 is 0 Å². The molecule has 3 aliphatic rings. The molecule has 0 fully saturated rings. The summed E-state index contributed by atoms with van der Waals surface area (Å²) in [5.74, 6) is -1.82. The first-order valence-electron chi connectivity index (χ1n) is 13.7. The monoisotopic (exact) mass is 621 g/mol. The summed E-state index contributed by atoms with van der Waals surface area (Å²) in [5.41, 5.74) is 3.17. The Balaban J connectivity index is 1.53. The van der Waals surface area contributed by atoms with Crippen molar-refractivity contribution in [3.8, 4) is 17.6 Å². The van der Waals surface area contributed by atoms with Crippen molar-refractivity contribution in [3.05, 3.63) is 75.3 Å². The highest BCUT2D eigenvalue weighted by atomic mass is 32.2. The number of nitrogens with zero attached hydrogens (tertiary/aromatic N) is 1. The topological polar surface area (TPSA) is 208 Å². The molecule has 5 rings (SSSR count). The molecule has 2 aromatic rings. The molecule has 0 bridgehead atoms. The van der Waals surface area contributed by atoms with Crippen molar-refractivity contribution < 1.29 is 43.2 Å². The van der Waals surface area contributed by atoms with E-state index in [1.54, 1.807) is 37.2 Å². The van der Waals surface area contributed by atoms with Gasteiger partial charge in [-0.1, -0.05) is 29.5 Å². The number of aliphatic hydroxyl groups is 3. The smallest absolute Gasteiger partial charge is 0.255 e. The molecule has 7 N–H and O–H groups in total. The van der Waals surface area contributed by atoms with Gasteiger partial charge in [0.15, 0.2) is 11.4 Å². The molecule has 1 amide bonds. The Kier molecular flexibility index (Phi) is 7.57. The molecule has 3 atom stereocenters. The van der Waals surface area contributed by atoms with Gasteiger partial charge in [-0.15, -0.1) is 0 Å². The molecule has 0 spiro atoms. The maximum absolute atomic E-state index is 13.9. The van der Waals surface area contributed by atoms with Crippen LogP contribution in [-0.4, -0.2) is 72.6 Å². The molecule has 0 saturated heterocycles. The standard InChI is InChI=1S/C31H31N3O9S/c1-15-6-8-19(9-7-15)44(42,43)33-10-4-5-16-13-21(34(2)3)20-12-17-11-18-14-22(35)25(30(32)40)29(39)31(18,41)28(38)23(17)27(37)24(20)26(16)36/h6-9,13,17-18,33,35-36,38,41H,10-12,14H2,1-3H3,(H2,32,40)/t17-,18+,31+/m1/s1. The van der Waals surface area contributed by atoms with E-state index in [0.717, 1.165) is 5.56 Å². The van der Waals surface area contributed by atoms with Crippen LogP contribution in [0.2, 0.25) is 0 Å². The summed E-state index contributed by atoms with van der Waals surface area (Å²) in [6.07, 6.45) is -0.165. The number of aryl methyl sites for hydroxylation is 1. The molecule has 0 aromatic heterocycles. The maximum Gasteiger partial charge on any atom is 0.255 e. The molecule has 13 heteroatoms. The Hall–Kier alpha value is -4.64. The fourth-order valence-corrected chi connectivity index (χ4v) is 7.16. The lowest BCUT2D eigenvalue weighted by Crippen LogP contribution is -2.57. The van der Waals surface area contributed by atoms with Crippen molar-refractivity contribution >= 4 is 33.2 Å². The second-order valence-electron chi connectivity index (χ2n) is 11.4. The zero-order valence-corrected chi connectivity index (χ0v) is 24.9. The molecule has 0 saturated carbocycles. The molecule has 3 aliphatic carbocycles. The molecule has 0 heterocycles. The number of nitrogens with one attached hydrogen (secondary N) is 1. The summed E-state index contributed by atoms with van der Waals surface area (Å²) in [6, 6.07) is 7.82. The number of sulfonamides is 1. The van der Waals surface area contributed by atoms with Crippen LogP contribution in [0, 0.1) is 30.6 Å². The van der Waals surface area contributed by atoms with Crippen LogP contribution in [0.3, 0.4) is 0 Å². The Labute approximate surface area is 253 Å². The number of anilines is 1. The van der Waals surface area contributed by atoms with E-state index in [-0.39, 0.29) is 47.4 Å². The highest BCUT2D eigenvalue weighted by Crippen LogP contribution is 2.52. The zero-order chi connectivity index (χ0) is 32.3. The van der Waals surface area contributed by atoms with Gasteiger partial charge in [0.25, 0.3) is 5.91 Å². The average molecular weight is 622 g/mol. The second-order valence-corrected chi connectivity index (χ2v) is 13.2. The maximum atomic E-state index is 13.9. The summed E-state index contributed by atoms with van der Waals surface area (Å²) in [7, 11) is -0.404. The fraction of sp³-hybridized carbons (Fsp3) is 0.323. The van der Waals surface area contributed by atoms with E-state index in [1.165, 1.54) is 12.1 Å². The first kappa shape index (κ1) is 30.8. The number of allylic oxidation sites excluding steroid dienone is 2. The number of hydrogen-bond acceptors (Lipinski definition) is 10. The van der Waals surface area contributed by atoms with Crippen molar-refractivity contribution in [2.75, 3.05) is 25.5 Å². The van der Waals surface area contributed by atoms with E-state index in [9.17, 15) is 43.2 Å². The second kappa shape index (κ2) is 10.8. The van der Waals surface area contributed by atoms with E-state index < -0.39 is 67.8 Å². The predicted octanol–water partition coefficient (Wildman–Crippen LogP) is 1.28. The van der Waals surface area contributed by atoms with Gasteiger partial charge in [-0.25, -0.2) is 8.42 Å². The number of phenols is 1. The van der Waals surface area contributed by atoms with Gasteiger partial charge in [0.05, 0.1) is 22.6 Å². The van der Waals surface area contributed by atoms with Crippen LogP contribution >= 0.6 is 0 Å². The zero-order valence-electron chi connectivity index (χ0n) is 24.1. The minimum Gasteiger partial charge on any atom is -0.511 e. The minimum absolute atomic E-state index is 0.0129. The quantitative estimate of drug-likeness (QED) is 0.208. The molecule has 44 heavy (non-hydrogen) atoms. The van der Waals surface area contributed by atoms with Crippen LogP contribution in [-0.2, 0) is 26.0 Å². The highest BCUT2D eigenvalue weighted by Gasteiger charge is 2.59. The van der Waals surface area contributed by atoms with Crippen LogP contribution in [0.4, 0.5) is 5.69 Å². The number of benzene rings is 2. The van der Waals surface area contributed by atoms with Gasteiger partial charge in [-0.2, -0.15) is 4.72 Å². The lowest BCUT2D eigenvalue weighted by Gasteiger charge is -2.45. The van der Waals surface area contributed by atoms with Gasteiger partial charge in [-0.05, 0) is 49.4 Å². The number of ketones is 2. The normalized spacial score (nSPS) is 22.9. The molecule has 0 radical (unpaired) electrons. The Morgan fingerprint density at radius 2 is 1.80 bits per heavy atom. The van der Waals surface area contributed by atoms with Crippen molar-refractivity contribution in [1.82, 2.24) is 4.72 Å². The lowest BCUT2D eigenvalue weighted by atomic mass is 9.60. The number of carbonyl (C=O) groups excluding carboxylic acids is 3. The number of hydrogen-bond donors (Lipinski definition) is 6. The summed E-state index contributed by atoms with van der Waals surface area (Å²) in [5, 5.41) is 44.2. The van der Waals surface area contributed by atoms with Gasteiger partial charge < -0.3 is 31.1 Å². The van der Waals surface area contributed by atoms with Crippen molar-refractivity contribution in [3.63, 3.8) is 0 Å². The number of aliphatic hydroxyl groups excluding tert-OH is 2. The minimum atomic E-state index is -3.85. The van der Waals surface area contributed by atoms with E-state index in [0.29, 0.717) is 11.3 Å². The van der Waals surface area contributed by atoms with Crippen LogP contribution in [0.15, 0.2) is 57.9 Å². The third kappa shape index (κ3) is 4.81. The summed E-state index contributed by atoms with van der Waals surface area (Å²) in [4.78, 5) is 40.7. The number of aromatic hydroxyl groups is 1. The summed E-state index contributed by atoms with van der Waals surface area (Å²) >= 11 is 0. The molecule has 2 aromatic carbocycles. The molecule has 230 valence electrons. The Bertz CT molecular complexity index is 1860. The molecular formula is C31H31N3O9S. The Morgan fingerprint density at radius 3 is 2.41 bits per heavy atom. The van der Waals surface area contributed by atoms with Crippen molar-refractivity contribution in [1.29, 1.82) is 0 Å². The number of nitrogens with two attached hydrogens (primary N) is 1. The van der Waals surface area contributed by atoms with E-state index in [1.807, 2.05) is 6.92 Å². The van der Waals surface area contributed by atoms with Crippen LogP contribution in [0.5, 0.6) is 5.75 Å². The van der Waals surface area contributed by atoms with E-state index in [4.69, 9.17) is 5.73 Å². The number of Topliss-reactive ketones (excluding diaryl/α,β-unsaturated/α-hetero) is 2. The van der Waals surface area contributed by atoms with Crippen LogP contribution in [0.1, 0.15) is 39.9 Å². The van der Waals surface area contributed by atoms with Gasteiger partial charge in [0.2, 0.25) is 15.8 Å². The van der Waals surface area contributed by atoms with E-state index in [2.05, 4.69) is 16.6 Å². The molecular weight excluding hydrogens is 590 g/mol. The highest BCUT2D eigenvalue weighted by molar-refractivity contribution is 7.89. The largest absolute Gasteiger partial charge is 0.511 e. The third-order valence-electron chi connectivity index (χ3n) is 8.43. The van der Waals surface area contributed by atoms with Crippen LogP contribution in [0.25, 0.3) is 0 Å². The number of amides is 1. The number of rotatable bonds is 5. The first-order valence-corrected chi connectivity index (χ1v) is 15.2. The predicted molar refractivity (Wildman–Crippen MR) is 158 cm³/mol. The van der Waals surface area contributed by atoms with Crippen molar-refractivity contribution in [2.24, 2.45) is 17.6 Å². The average Bonchev–Trinajstić information content (AvgIpc) is 2.93. The van der Waals surface area contributed by atoms with Crippen molar-refractivity contribution in [2.45, 2.75) is 36.7 Å². The number of primary amides is 1. The molecule has 12 nitrogen and oxygen atoms in total. The number of fused-ring (bicyclic) bond motifs is 3. The molecule has 0 aliphatic heterocycles. The molecule has 0 unspecified atom stereocenters. The van der Waals surface area contributed by atoms with Gasteiger partial charge >= 0.3 is 0 Å². The SMILES string of the molecule is Cc1ccc(S(=O)(=O)NCC#Cc2cc(N(C)C)c3c(c2O)C(=O)C2=C(O)[C@]4(O)C(=O)C(C(N)=O)=C(O)C[C@@H]4C[C@@H]2C3)cc1. The third-order valence-corrected chi connectivity index (χ3v) is 9.84.